The Morgan fingerprint density at radius 1 is 1.13 bits per heavy atom. The Kier molecular flexibility index (Phi) is 5.20. The third-order valence-electron chi connectivity index (χ3n) is 4.66. The number of allylic oxidation sites excluding steroid dienone is 1. The Bertz CT molecular complexity index is 1310. The molecule has 0 atom stereocenters. The molecule has 4 rings (SSSR count). The van der Waals surface area contributed by atoms with Crippen LogP contribution >= 0.6 is 0 Å². The van der Waals surface area contributed by atoms with E-state index in [4.69, 9.17) is 10.3 Å². The van der Waals surface area contributed by atoms with Crippen molar-refractivity contribution in [1.82, 2.24) is 24.7 Å². The van der Waals surface area contributed by atoms with Gasteiger partial charge in [0, 0.05) is 23.1 Å². The summed E-state index contributed by atoms with van der Waals surface area (Å²) in [6.07, 6.45) is 1.73. The Labute approximate surface area is 178 Å². The van der Waals surface area contributed by atoms with Gasteiger partial charge in [0.05, 0.1) is 5.57 Å². The predicted octanol–water partition coefficient (Wildman–Crippen LogP) is 3.97. The Morgan fingerprint density at radius 2 is 1.90 bits per heavy atom. The number of nitriles is 1. The second kappa shape index (κ2) is 8.12. The molecule has 0 radical (unpaired) electrons. The fourth-order valence-electron chi connectivity index (χ4n) is 3.27. The van der Waals surface area contributed by atoms with Crippen molar-refractivity contribution in [2.75, 3.05) is 11.1 Å². The predicted molar refractivity (Wildman–Crippen MR) is 117 cm³/mol. The zero-order valence-corrected chi connectivity index (χ0v) is 17.3. The van der Waals surface area contributed by atoms with Crippen LogP contribution in [0, 0.1) is 32.1 Å². The highest BCUT2D eigenvalue weighted by Crippen LogP contribution is 2.25. The Balaban J connectivity index is 1.72. The summed E-state index contributed by atoms with van der Waals surface area (Å²) in [5, 5.41) is 16.9. The zero-order valence-electron chi connectivity index (χ0n) is 17.3. The molecular weight excluding hydrogens is 392 g/mol. The number of aryl methyl sites for hydroxylation is 2. The van der Waals surface area contributed by atoms with Crippen molar-refractivity contribution in [2.24, 2.45) is 0 Å². The van der Waals surface area contributed by atoms with Gasteiger partial charge < -0.3 is 15.6 Å². The first-order valence-electron chi connectivity index (χ1n) is 9.53. The highest BCUT2D eigenvalue weighted by atomic mass is 16.5. The summed E-state index contributed by atoms with van der Waals surface area (Å²) in [4.78, 5) is 12.6. The molecule has 9 nitrogen and oxygen atoms in total. The molecule has 0 saturated carbocycles. The van der Waals surface area contributed by atoms with Crippen molar-refractivity contribution >= 4 is 29.2 Å². The van der Waals surface area contributed by atoms with Crippen LogP contribution in [0.2, 0.25) is 0 Å². The maximum absolute atomic E-state index is 9.79. The van der Waals surface area contributed by atoms with Crippen LogP contribution < -0.4 is 11.1 Å². The van der Waals surface area contributed by atoms with E-state index in [0.29, 0.717) is 5.82 Å². The summed E-state index contributed by atoms with van der Waals surface area (Å²) < 4.78 is 7.16. The van der Waals surface area contributed by atoms with Crippen LogP contribution in [0.25, 0.3) is 17.5 Å². The lowest BCUT2D eigenvalue weighted by atomic mass is 10.1. The van der Waals surface area contributed by atoms with E-state index in [2.05, 4.69) is 31.5 Å². The van der Waals surface area contributed by atoms with Crippen molar-refractivity contribution in [3.8, 4) is 11.9 Å². The number of hydrogen-bond acceptors (Lipinski definition) is 8. The summed E-state index contributed by atoms with van der Waals surface area (Å²) in [7, 11) is 0. The first-order chi connectivity index (χ1) is 14.9. The number of benzene rings is 1. The fourth-order valence-corrected chi connectivity index (χ4v) is 3.27. The molecule has 0 fully saturated rings. The molecule has 0 saturated heterocycles. The SMILES string of the molecule is Cc1cc(-n2c(C)cc(C=C(C#N)c3nc(N)nc(Nc4ccccc4)n3)c2C)no1. The zero-order chi connectivity index (χ0) is 22.0. The van der Waals surface area contributed by atoms with Crippen molar-refractivity contribution < 1.29 is 4.52 Å². The number of nitrogens with two attached hydrogens (primary N) is 1. The maximum Gasteiger partial charge on any atom is 0.232 e. The van der Waals surface area contributed by atoms with Crippen molar-refractivity contribution in [2.45, 2.75) is 20.8 Å². The number of nitrogens with zero attached hydrogens (tertiary/aromatic N) is 6. The van der Waals surface area contributed by atoms with Crippen LogP contribution in [0.4, 0.5) is 17.6 Å². The molecule has 1 aromatic carbocycles. The van der Waals surface area contributed by atoms with Gasteiger partial charge in [0.25, 0.3) is 0 Å². The first kappa shape index (κ1) is 19.8. The molecule has 31 heavy (non-hydrogen) atoms. The van der Waals surface area contributed by atoms with Crippen molar-refractivity contribution in [3.05, 3.63) is 71.0 Å². The molecule has 0 amide bonds. The van der Waals surface area contributed by atoms with Gasteiger partial charge in [0.1, 0.15) is 11.8 Å². The van der Waals surface area contributed by atoms with Crippen LogP contribution in [0.5, 0.6) is 0 Å². The van der Waals surface area contributed by atoms with Crippen LogP contribution in [0.3, 0.4) is 0 Å². The van der Waals surface area contributed by atoms with E-state index in [1.807, 2.05) is 67.8 Å². The summed E-state index contributed by atoms with van der Waals surface area (Å²) in [5.74, 6) is 1.88. The van der Waals surface area contributed by atoms with Gasteiger partial charge in [-0.3, -0.25) is 4.57 Å². The summed E-state index contributed by atoms with van der Waals surface area (Å²) in [5.41, 5.74) is 9.64. The van der Waals surface area contributed by atoms with Crippen molar-refractivity contribution in [3.63, 3.8) is 0 Å². The molecule has 0 unspecified atom stereocenters. The molecule has 0 aliphatic carbocycles. The molecule has 0 bridgehead atoms. The molecule has 3 N–H and O–H groups in total. The normalized spacial score (nSPS) is 11.4. The van der Waals surface area contributed by atoms with E-state index in [-0.39, 0.29) is 23.3 Å². The minimum absolute atomic E-state index is 0.0214. The lowest BCUT2D eigenvalue weighted by Gasteiger charge is -2.07. The molecule has 0 aliphatic rings. The molecule has 0 aliphatic heterocycles. The maximum atomic E-state index is 9.79. The summed E-state index contributed by atoms with van der Waals surface area (Å²) in [6, 6.07) is 15.4. The third kappa shape index (κ3) is 4.13. The second-order valence-electron chi connectivity index (χ2n) is 6.96. The average molecular weight is 412 g/mol. The highest BCUT2D eigenvalue weighted by Gasteiger charge is 2.15. The van der Waals surface area contributed by atoms with Gasteiger partial charge in [-0.2, -0.15) is 20.2 Å². The van der Waals surface area contributed by atoms with Gasteiger partial charge in [0.15, 0.2) is 11.6 Å². The quantitative estimate of drug-likeness (QED) is 0.471. The third-order valence-corrected chi connectivity index (χ3v) is 4.66. The Hall–Kier alpha value is -4.45. The largest absolute Gasteiger partial charge is 0.368 e. The minimum Gasteiger partial charge on any atom is -0.368 e. The topological polar surface area (TPSA) is 131 Å². The molecule has 3 aromatic heterocycles. The van der Waals surface area contributed by atoms with Gasteiger partial charge >= 0.3 is 0 Å². The van der Waals surface area contributed by atoms with Gasteiger partial charge in [-0.05, 0) is 50.6 Å². The van der Waals surface area contributed by atoms with E-state index >= 15 is 0 Å². The van der Waals surface area contributed by atoms with E-state index in [1.54, 1.807) is 6.08 Å². The smallest absolute Gasteiger partial charge is 0.232 e. The number of aromatic nitrogens is 5. The van der Waals surface area contributed by atoms with Crippen LogP contribution in [-0.2, 0) is 0 Å². The van der Waals surface area contributed by atoms with Crippen LogP contribution in [0.1, 0.15) is 28.5 Å². The number of rotatable bonds is 5. The number of anilines is 3. The molecule has 154 valence electrons. The number of nitrogen functional groups attached to an aromatic ring is 1. The van der Waals surface area contributed by atoms with Gasteiger partial charge in [-0.25, -0.2) is 0 Å². The number of nitrogens with one attached hydrogen (secondary N) is 1. The fraction of sp³-hybridized carbons (Fsp3) is 0.136. The monoisotopic (exact) mass is 412 g/mol. The van der Waals surface area contributed by atoms with E-state index < -0.39 is 0 Å². The molecule has 0 spiro atoms. The first-order valence-corrected chi connectivity index (χ1v) is 9.53. The molecule has 3 heterocycles. The number of hydrogen-bond donors (Lipinski definition) is 2. The van der Waals surface area contributed by atoms with Gasteiger partial charge in [-0.1, -0.05) is 23.4 Å². The second-order valence-corrected chi connectivity index (χ2v) is 6.96. The van der Waals surface area contributed by atoms with Crippen molar-refractivity contribution in [1.29, 1.82) is 5.26 Å². The van der Waals surface area contributed by atoms with E-state index in [9.17, 15) is 5.26 Å². The highest BCUT2D eigenvalue weighted by molar-refractivity contribution is 5.88. The van der Waals surface area contributed by atoms with E-state index in [1.165, 1.54) is 0 Å². The number of para-hydroxylation sites is 1. The minimum atomic E-state index is 0.0214. The van der Waals surface area contributed by atoms with Crippen LogP contribution in [0.15, 0.2) is 47.0 Å². The van der Waals surface area contributed by atoms with Crippen LogP contribution in [-0.4, -0.2) is 24.7 Å². The lowest BCUT2D eigenvalue weighted by Crippen LogP contribution is -2.06. The van der Waals surface area contributed by atoms with E-state index in [0.717, 1.165) is 28.4 Å². The summed E-state index contributed by atoms with van der Waals surface area (Å²) >= 11 is 0. The van der Waals surface area contributed by atoms with Gasteiger partial charge in [0.2, 0.25) is 11.9 Å². The lowest BCUT2D eigenvalue weighted by molar-refractivity contribution is 0.394. The molecule has 4 aromatic rings. The average Bonchev–Trinajstić information content (AvgIpc) is 3.28. The standard InChI is InChI=1S/C22H20N8O/c1-13-9-16(15(3)30(13)19-10-14(2)31-29-19)11-17(12-23)20-26-21(24)28-22(27-20)25-18-7-5-4-6-8-18/h4-11H,1-3H3,(H3,24,25,26,27,28). The summed E-state index contributed by atoms with van der Waals surface area (Å²) in [6.45, 7) is 5.75. The molecule has 9 heteroatoms. The molecular formula is C22H20N8O. The Morgan fingerprint density at radius 3 is 2.58 bits per heavy atom. The van der Waals surface area contributed by atoms with Gasteiger partial charge in [-0.15, -0.1) is 0 Å².